The molecule has 1 aromatic heterocycles. The topological polar surface area (TPSA) is 55.6 Å². The van der Waals surface area contributed by atoms with Gasteiger partial charge in [-0.15, -0.1) is 0 Å². The van der Waals surface area contributed by atoms with Crippen molar-refractivity contribution in [2.75, 3.05) is 13.1 Å². The highest BCUT2D eigenvalue weighted by atomic mass is 16.5. The fourth-order valence-corrected chi connectivity index (χ4v) is 2.95. The maximum Gasteiger partial charge on any atom is 0.228 e. The molecule has 1 aliphatic heterocycles. The zero-order valence-corrected chi connectivity index (χ0v) is 13.8. The van der Waals surface area contributed by atoms with Crippen molar-refractivity contribution in [3.63, 3.8) is 0 Å². The van der Waals surface area contributed by atoms with Gasteiger partial charge in [0.15, 0.2) is 5.76 Å². The Morgan fingerprint density at radius 3 is 2.83 bits per heavy atom. The van der Waals surface area contributed by atoms with Crippen LogP contribution in [-0.2, 0) is 17.6 Å². The van der Waals surface area contributed by atoms with Crippen LogP contribution >= 0.6 is 0 Å². The third-order valence-corrected chi connectivity index (χ3v) is 4.19. The second kappa shape index (κ2) is 6.44. The van der Waals surface area contributed by atoms with Gasteiger partial charge in [0.05, 0.1) is 12.1 Å². The molecular weight excluding hydrogens is 292 g/mol. The third kappa shape index (κ3) is 3.23. The number of aromatic nitrogens is 1. The van der Waals surface area contributed by atoms with E-state index in [1.807, 2.05) is 32.0 Å². The zero-order chi connectivity index (χ0) is 16.4. The number of fused-ring (bicyclic) bond motifs is 1. The van der Waals surface area contributed by atoms with Crippen LogP contribution in [0.15, 0.2) is 28.8 Å². The lowest BCUT2D eigenvalue weighted by Crippen LogP contribution is -2.31. The van der Waals surface area contributed by atoms with Crippen molar-refractivity contribution in [3.05, 3.63) is 35.5 Å². The molecule has 0 saturated carbocycles. The fourth-order valence-electron chi connectivity index (χ4n) is 2.95. The predicted molar refractivity (Wildman–Crippen MR) is 87.4 cm³/mol. The van der Waals surface area contributed by atoms with Gasteiger partial charge in [0.1, 0.15) is 11.9 Å². The lowest BCUT2D eigenvalue weighted by molar-refractivity contribution is -0.130. The van der Waals surface area contributed by atoms with Crippen LogP contribution in [0.1, 0.15) is 32.0 Å². The maximum absolute atomic E-state index is 12.1. The normalized spacial score (nSPS) is 16.0. The van der Waals surface area contributed by atoms with Crippen LogP contribution in [0.25, 0.3) is 11.3 Å². The summed E-state index contributed by atoms with van der Waals surface area (Å²) in [6.45, 7) is 7.43. The van der Waals surface area contributed by atoms with E-state index in [9.17, 15) is 4.79 Å². The number of carbonyl (C=O) groups excluding carboxylic acids is 1. The highest BCUT2D eigenvalue weighted by molar-refractivity contribution is 5.78. The average molecular weight is 314 g/mol. The highest BCUT2D eigenvalue weighted by Gasteiger charge is 2.20. The summed E-state index contributed by atoms with van der Waals surface area (Å²) in [7, 11) is 0. The second-order valence-electron chi connectivity index (χ2n) is 5.88. The van der Waals surface area contributed by atoms with E-state index < -0.39 is 0 Å². The highest BCUT2D eigenvalue weighted by Crippen LogP contribution is 2.33. The molecule has 5 heteroatoms. The lowest BCUT2D eigenvalue weighted by atomic mass is 10.1. The molecule has 1 amide bonds. The Morgan fingerprint density at radius 2 is 2.09 bits per heavy atom. The first-order chi connectivity index (χ1) is 11.1. The molecular formula is C18H22N2O3. The number of rotatable bonds is 5. The van der Waals surface area contributed by atoms with Gasteiger partial charge in [-0.2, -0.15) is 0 Å². The van der Waals surface area contributed by atoms with E-state index in [1.165, 1.54) is 5.56 Å². The van der Waals surface area contributed by atoms with Gasteiger partial charge in [0, 0.05) is 31.1 Å². The van der Waals surface area contributed by atoms with E-state index in [0.717, 1.165) is 17.7 Å². The van der Waals surface area contributed by atoms with Crippen molar-refractivity contribution >= 4 is 5.91 Å². The molecule has 0 aliphatic carbocycles. The maximum atomic E-state index is 12.1. The number of hydrogen-bond donors (Lipinski definition) is 0. The monoisotopic (exact) mass is 314 g/mol. The Balaban J connectivity index is 1.75. The number of benzene rings is 1. The zero-order valence-electron chi connectivity index (χ0n) is 13.8. The van der Waals surface area contributed by atoms with E-state index in [0.29, 0.717) is 24.5 Å². The Morgan fingerprint density at radius 1 is 1.30 bits per heavy atom. The van der Waals surface area contributed by atoms with Crippen LogP contribution in [0, 0.1) is 0 Å². The molecule has 23 heavy (non-hydrogen) atoms. The number of ether oxygens (including phenoxy) is 1. The first-order valence-electron chi connectivity index (χ1n) is 8.14. The summed E-state index contributed by atoms with van der Waals surface area (Å²) < 4.78 is 11.1. The summed E-state index contributed by atoms with van der Waals surface area (Å²) in [6, 6.07) is 7.86. The smallest absolute Gasteiger partial charge is 0.228 e. The van der Waals surface area contributed by atoms with Crippen LogP contribution in [-0.4, -0.2) is 35.2 Å². The molecule has 0 saturated heterocycles. The Hall–Kier alpha value is -2.30. The van der Waals surface area contributed by atoms with Gasteiger partial charge < -0.3 is 14.2 Å². The van der Waals surface area contributed by atoms with Gasteiger partial charge in [-0.3, -0.25) is 4.79 Å². The fraction of sp³-hybridized carbons (Fsp3) is 0.444. The summed E-state index contributed by atoms with van der Waals surface area (Å²) in [5, 5.41) is 4.04. The lowest BCUT2D eigenvalue weighted by Gasteiger charge is -2.17. The Labute approximate surface area is 136 Å². The van der Waals surface area contributed by atoms with E-state index in [1.54, 1.807) is 4.90 Å². The summed E-state index contributed by atoms with van der Waals surface area (Å²) in [4.78, 5) is 13.9. The molecule has 1 aromatic carbocycles. The van der Waals surface area contributed by atoms with Crippen molar-refractivity contribution in [1.29, 1.82) is 0 Å². The molecule has 1 unspecified atom stereocenters. The van der Waals surface area contributed by atoms with Crippen molar-refractivity contribution in [2.24, 2.45) is 0 Å². The number of amides is 1. The average Bonchev–Trinajstić information content (AvgIpc) is 3.13. The van der Waals surface area contributed by atoms with Crippen LogP contribution in [0.3, 0.4) is 0 Å². The van der Waals surface area contributed by atoms with E-state index in [-0.39, 0.29) is 18.4 Å². The SMILES string of the molecule is CCN(CC)C(=O)Cc1cc(-c2ccc3c(c2)CC(C)O3)on1. The van der Waals surface area contributed by atoms with Crippen LogP contribution in [0.5, 0.6) is 5.75 Å². The largest absolute Gasteiger partial charge is 0.490 e. The summed E-state index contributed by atoms with van der Waals surface area (Å²) >= 11 is 0. The quantitative estimate of drug-likeness (QED) is 0.851. The molecule has 0 bridgehead atoms. The van der Waals surface area contributed by atoms with Crippen LogP contribution in [0.4, 0.5) is 0 Å². The van der Waals surface area contributed by atoms with E-state index in [2.05, 4.69) is 18.1 Å². The minimum atomic E-state index is 0.0750. The minimum Gasteiger partial charge on any atom is -0.490 e. The molecule has 0 fully saturated rings. The number of hydrogen-bond acceptors (Lipinski definition) is 4. The standard InChI is InChI=1S/C18H22N2O3/c1-4-20(5-2)18(21)11-15-10-17(23-19-15)13-6-7-16-14(9-13)8-12(3)22-16/h6-7,9-10,12H,4-5,8,11H2,1-3H3. The van der Waals surface area contributed by atoms with Gasteiger partial charge in [-0.05, 0) is 44.5 Å². The van der Waals surface area contributed by atoms with Crippen molar-refractivity contribution < 1.29 is 14.1 Å². The van der Waals surface area contributed by atoms with Crippen molar-refractivity contribution in [1.82, 2.24) is 10.1 Å². The summed E-state index contributed by atoms with van der Waals surface area (Å²) in [5.41, 5.74) is 2.82. The van der Waals surface area contributed by atoms with Gasteiger partial charge in [-0.1, -0.05) is 5.16 Å². The molecule has 3 rings (SSSR count). The number of nitrogens with zero attached hydrogens (tertiary/aromatic N) is 2. The number of carbonyl (C=O) groups is 1. The first-order valence-corrected chi connectivity index (χ1v) is 8.14. The molecule has 0 spiro atoms. The van der Waals surface area contributed by atoms with Gasteiger partial charge in [-0.25, -0.2) is 0 Å². The summed E-state index contributed by atoms with van der Waals surface area (Å²) in [5.74, 6) is 1.71. The van der Waals surface area contributed by atoms with Gasteiger partial charge in [0.25, 0.3) is 0 Å². The number of likely N-dealkylation sites (N-methyl/N-ethyl adjacent to an activating group) is 1. The van der Waals surface area contributed by atoms with Gasteiger partial charge >= 0.3 is 0 Å². The molecule has 2 aromatic rings. The minimum absolute atomic E-state index is 0.0750. The van der Waals surface area contributed by atoms with Crippen LogP contribution in [0.2, 0.25) is 0 Å². The van der Waals surface area contributed by atoms with Crippen molar-refractivity contribution in [2.45, 2.75) is 39.7 Å². The molecule has 0 N–H and O–H groups in total. The predicted octanol–water partition coefficient (Wildman–Crippen LogP) is 3.08. The van der Waals surface area contributed by atoms with Gasteiger partial charge in [0.2, 0.25) is 5.91 Å². The van der Waals surface area contributed by atoms with E-state index >= 15 is 0 Å². The van der Waals surface area contributed by atoms with Crippen molar-refractivity contribution in [3.8, 4) is 17.1 Å². The van der Waals surface area contributed by atoms with Crippen LogP contribution < -0.4 is 4.74 Å². The molecule has 2 heterocycles. The third-order valence-electron chi connectivity index (χ3n) is 4.19. The summed E-state index contributed by atoms with van der Waals surface area (Å²) in [6.07, 6.45) is 1.40. The molecule has 1 atom stereocenters. The first kappa shape index (κ1) is 15.6. The molecule has 1 aliphatic rings. The second-order valence-corrected chi connectivity index (χ2v) is 5.88. The Bertz CT molecular complexity index is 704. The molecule has 0 radical (unpaired) electrons. The molecule has 122 valence electrons. The Kier molecular flexibility index (Phi) is 4.37. The van der Waals surface area contributed by atoms with E-state index in [4.69, 9.17) is 9.26 Å². The molecule has 5 nitrogen and oxygen atoms in total.